The van der Waals surface area contributed by atoms with E-state index in [9.17, 15) is 84.0 Å². The van der Waals surface area contributed by atoms with Crippen molar-refractivity contribution in [2.45, 2.75) is 139 Å². The van der Waals surface area contributed by atoms with Gasteiger partial charge in [0.25, 0.3) is 50.4 Å². The van der Waals surface area contributed by atoms with E-state index < -0.39 is 11.5 Å². The van der Waals surface area contributed by atoms with Gasteiger partial charge in [-0.05, 0) is 220 Å². The summed E-state index contributed by atoms with van der Waals surface area (Å²) < 4.78 is 13.9. The Labute approximate surface area is 870 Å². The second-order valence-corrected chi connectivity index (χ2v) is 37.2. The first kappa shape index (κ1) is 111. The van der Waals surface area contributed by atoms with E-state index in [-0.39, 0.29) is 178 Å². The fourth-order valence-electron chi connectivity index (χ4n) is 13.2. The highest BCUT2D eigenvalue weighted by Gasteiger charge is 2.25. The van der Waals surface area contributed by atoms with E-state index in [2.05, 4.69) is 50.5 Å². The van der Waals surface area contributed by atoms with Gasteiger partial charge in [-0.3, -0.25) is 78.9 Å². The van der Waals surface area contributed by atoms with Gasteiger partial charge >= 0.3 is 0 Å². The second kappa shape index (κ2) is 50.4. The molecule has 13 heterocycles. The maximum atomic E-state index is 12.2. The van der Waals surface area contributed by atoms with Crippen LogP contribution in [-0.4, -0.2) is 136 Å². The summed E-state index contributed by atoms with van der Waals surface area (Å²) >= 11 is 31.5. The number of phenolic OH excluding ortho intramolecular Hbond substituents is 3. The number of fused-ring (bicyclic) bond motifs is 8. The highest BCUT2D eigenvalue weighted by molar-refractivity contribution is 14.1. The number of nitrogens with one attached hydrogen (secondary N) is 2. The first-order chi connectivity index (χ1) is 63.7. The molecule has 0 unspecified atom stereocenters. The number of aryl methyl sites for hydroxylation is 3. The molecule has 35 nitrogen and oxygen atoms in total. The fraction of sp³-hybridized carbons (Fsp3) is 0.286. The lowest BCUT2D eigenvalue weighted by atomic mass is 10.1. The van der Waals surface area contributed by atoms with Crippen LogP contribution in [0.1, 0.15) is 138 Å². The van der Waals surface area contributed by atoms with Crippen molar-refractivity contribution in [1.82, 2.24) is 86.2 Å². The number of phenols is 3. The Bertz CT molecular complexity index is 7680. The number of amides is 1. The molecule has 720 valence electrons. The standard InChI is InChI=1S/C13H14IN3O3.C12H12Cl2N2O2.C12H11IN2O2.C11H11Cl2N3O2.C11H11IN2O2.2C11H12N2O2.C10H9IN2O2.2BrH/c1-2-3-5-15-12(19)8-7-16-11-10(18)9(14)4-6-17(11)13(8)20;1-6(2)4-16-5-15-10-9(12(16)18)7(13)3-8(14)11(10)17;13-9-4-3-8-10(11(9)16)14-6-15(12(8)17)5-7-1-2-7;1-14-4-7-15-9-8(11(18)16(7)2)5(12)3-6(13)10(9)17;1-2-3-7-6-13-10-9(15)8(12)4-5-14(10)11(7)16;1-7(2)8-6-12-10-9(14)4-3-5-13(10)11(8)15;1-2-4-8-7-12-10-9(14)5-3-6-13(10)11(8)15;1-2-6-5-12-9-8(14)7(11)3-4-13(9)10(6)15;;/h4,6-7,18H,2-3,5H2,1H3,(H,15,19);3,5-6,17H,4H2,1-2H3;3-4,6-7,16H,1-2,5H2;3,14,17H,4H2,1-2H3;4-6,15H,2-3H2,1H3;3-7,14H,1-2H3;3,5-7,14H,2,4H2,1H3;3-5,14H,2H2,1H3;2*1H. The molecule has 45 heteroatoms. The molecule has 10 N–H and O–H groups in total. The van der Waals surface area contributed by atoms with Gasteiger partial charge in [0, 0.05) is 111 Å². The van der Waals surface area contributed by atoms with Crippen LogP contribution in [0.4, 0.5) is 0 Å². The number of aromatic nitrogens is 16. The van der Waals surface area contributed by atoms with Gasteiger partial charge in [0.2, 0.25) is 0 Å². The van der Waals surface area contributed by atoms with Crippen molar-refractivity contribution in [2.24, 2.45) is 18.9 Å². The van der Waals surface area contributed by atoms with Crippen LogP contribution in [0.3, 0.4) is 0 Å². The van der Waals surface area contributed by atoms with Crippen LogP contribution < -0.4 is 55.1 Å². The number of nitrogens with zero attached hydrogens (tertiary/aromatic N) is 16. The summed E-state index contributed by atoms with van der Waals surface area (Å²) in [6, 6.07) is 17.4. The van der Waals surface area contributed by atoms with Crippen LogP contribution in [0.15, 0.2) is 180 Å². The van der Waals surface area contributed by atoms with Gasteiger partial charge in [-0.2, -0.15) is 0 Å². The molecule has 1 aliphatic carbocycles. The SMILES string of the molecule is Br.Br.CC(C)Cn1cnc2c(O)c(Cl)cc(Cl)c2c1=O.CC(C)c1cnc2c(O)cccn2c1=O.CCCCNC(=O)c1cnc2c(O)c(I)ccn2c1=O.CCCc1cnc2c(O)c(I)ccn2c1=O.CCCc1cnc2c(O)cccn2c1=O.CCc1cnc2c(O)c(I)ccn2c1=O.CNCc1nc2c(O)c(Cl)cc(Cl)c2c(=O)n1C.O=c1c2ccc(I)c(O)c2ncn1CC1CC1. The van der Waals surface area contributed by atoms with E-state index in [4.69, 9.17) is 46.4 Å². The number of hydrogen-bond acceptors (Lipinski definition) is 26. The zero-order valence-electron chi connectivity index (χ0n) is 74.5. The molecule has 136 heavy (non-hydrogen) atoms. The molecular formula is C91H94Br2Cl4I4N18O17. The number of hydrogen-bond donors (Lipinski definition) is 10. The Balaban J connectivity index is 0.000000191. The van der Waals surface area contributed by atoms with Crippen LogP contribution >= 0.6 is 171 Å². The van der Waals surface area contributed by atoms with Gasteiger partial charge in [0.15, 0.2) is 74.2 Å². The molecule has 13 aromatic heterocycles. The van der Waals surface area contributed by atoms with Gasteiger partial charge in [0.05, 0.1) is 69.7 Å². The fourth-order valence-corrected chi connectivity index (χ4v) is 15.9. The number of pyridine rings is 5. The van der Waals surface area contributed by atoms with Crippen molar-refractivity contribution >= 4 is 238 Å². The van der Waals surface area contributed by atoms with E-state index >= 15 is 0 Å². The molecule has 16 aromatic rings. The minimum absolute atomic E-state index is 0. The van der Waals surface area contributed by atoms with Gasteiger partial charge in [-0.1, -0.05) is 121 Å². The average molecular weight is 2520 g/mol. The molecule has 3 aromatic carbocycles. The Morgan fingerprint density at radius 3 is 1.40 bits per heavy atom. The average Bonchev–Trinajstić information content (AvgIpc) is 1.19. The molecule has 0 radical (unpaired) electrons. The second-order valence-electron chi connectivity index (χ2n) is 31.0. The lowest BCUT2D eigenvalue weighted by Crippen LogP contribution is -2.32. The molecule has 0 atom stereocenters. The number of benzene rings is 3. The predicted molar refractivity (Wildman–Crippen MR) is 570 cm³/mol. The molecule has 0 bridgehead atoms. The van der Waals surface area contributed by atoms with E-state index in [1.54, 1.807) is 105 Å². The van der Waals surface area contributed by atoms with Gasteiger partial charge in [-0.15, -0.1) is 34.0 Å². The molecule has 0 aliphatic heterocycles. The first-order valence-electron chi connectivity index (χ1n) is 41.7. The Morgan fingerprint density at radius 2 is 0.912 bits per heavy atom. The quantitative estimate of drug-likeness (QED) is 0.0317. The maximum Gasteiger partial charge on any atom is 0.270 e. The van der Waals surface area contributed by atoms with Gasteiger partial charge in [-0.25, -0.2) is 39.9 Å². The van der Waals surface area contributed by atoms with Crippen molar-refractivity contribution in [3.63, 3.8) is 0 Å². The number of carbonyl (C=O) groups is 1. The molecule has 1 fully saturated rings. The number of carbonyl (C=O) groups excluding carboxylic acids is 1. The Kier molecular flexibility index (Phi) is 41.1. The van der Waals surface area contributed by atoms with Crippen molar-refractivity contribution in [2.75, 3.05) is 13.6 Å². The third-order valence-corrected chi connectivity index (χ3v) is 25.1. The van der Waals surface area contributed by atoms with Crippen molar-refractivity contribution in [3.8, 4) is 46.0 Å². The number of rotatable bonds is 16. The van der Waals surface area contributed by atoms with Crippen molar-refractivity contribution in [1.29, 1.82) is 0 Å². The zero-order chi connectivity index (χ0) is 98.1. The summed E-state index contributed by atoms with van der Waals surface area (Å²) in [6.07, 6.45) is 26.4. The maximum absolute atomic E-state index is 12.2. The zero-order valence-corrected chi connectivity index (χ0v) is 89.5. The van der Waals surface area contributed by atoms with E-state index in [1.807, 2.05) is 146 Å². The lowest BCUT2D eigenvalue weighted by Gasteiger charge is -2.11. The number of halogens is 10. The Morgan fingerprint density at radius 1 is 0.471 bits per heavy atom. The Hall–Kier alpha value is -10.3. The number of aromatic hydroxyl groups is 8. The minimum atomic E-state index is -0.490. The van der Waals surface area contributed by atoms with Crippen LogP contribution in [0, 0.1) is 26.1 Å². The molecule has 1 aliphatic rings. The monoisotopic (exact) mass is 2520 g/mol. The normalized spacial score (nSPS) is 11.4. The van der Waals surface area contributed by atoms with Crippen LogP contribution in [0.25, 0.3) is 60.9 Å². The van der Waals surface area contributed by atoms with Crippen LogP contribution in [0.2, 0.25) is 20.1 Å². The largest absolute Gasteiger partial charge is 0.505 e. The molecule has 1 saturated carbocycles. The highest BCUT2D eigenvalue weighted by Crippen LogP contribution is 2.37. The highest BCUT2D eigenvalue weighted by atomic mass is 127. The minimum Gasteiger partial charge on any atom is -0.505 e. The molecule has 17 rings (SSSR count). The molecular weight excluding hydrogens is 2430 g/mol. The third-order valence-electron chi connectivity index (χ3n) is 20.4. The summed E-state index contributed by atoms with van der Waals surface area (Å²) in [4.78, 5) is 141. The van der Waals surface area contributed by atoms with E-state index in [0.29, 0.717) is 127 Å². The summed E-state index contributed by atoms with van der Waals surface area (Å²) in [5.74, 6) is 0.851. The number of unbranched alkanes of at least 4 members (excludes halogenated alkanes) is 1. The van der Waals surface area contributed by atoms with Crippen LogP contribution in [0.5, 0.6) is 46.0 Å². The first-order valence-corrected chi connectivity index (χ1v) is 47.5. The lowest BCUT2D eigenvalue weighted by molar-refractivity contribution is 0.0951. The molecule has 1 amide bonds. The topological polar surface area (TPSA) is 479 Å². The summed E-state index contributed by atoms with van der Waals surface area (Å²) in [5.41, 5.74) is 3.09. The van der Waals surface area contributed by atoms with Crippen molar-refractivity contribution < 1.29 is 45.6 Å². The predicted octanol–water partition coefficient (Wildman–Crippen LogP) is 15.9. The summed E-state index contributed by atoms with van der Waals surface area (Å²) in [7, 11) is 3.34. The van der Waals surface area contributed by atoms with Gasteiger partial charge < -0.3 is 51.5 Å². The van der Waals surface area contributed by atoms with E-state index in [1.165, 1.54) is 99.4 Å². The van der Waals surface area contributed by atoms with Crippen LogP contribution in [-0.2, 0) is 45.9 Å². The molecule has 0 saturated heterocycles. The molecule has 0 spiro atoms. The summed E-state index contributed by atoms with van der Waals surface area (Å²) in [5, 5.41) is 84.8. The van der Waals surface area contributed by atoms with Crippen molar-refractivity contribution in [3.05, 3.63) is 292 Å². The smallest absolute Gasteiger partial charge is 0.270 e. The third kappa shape index (κ3) is 26.0. The van der Waals surface area contributed by atoms with E-state index in [0.717, 1.165) is 32.2 Å². The van der Waals surface area contributed by atoms with Gasteiger partial charge in [0.1, 0.15) is 27.9 Å². The summed E-state index contributed by atoms with van der Waals surface area (Å²) in [6.45, 7) is 18.0.